The van der Waals surface area contributed by atoms with Crippen LogP contribution in [0.1, 0.15) is 12.5 Å². The topological polar surface area (TPSA) is 81.5 Å². The van der Waals surface area contributed by atoms with Crippen LogP contribution in [0, 0.1) is 6.92 Å². The summed E-state index contributed by atoms with van der Waals surface area (Å²) in [5.74, 6) is 2.13. The van der Waals surface area contributed by atoms with Crippen molar-refractivity contribution in [1.29, 1.82) is 0 Å². The van der Waals surface area contributed by atoms with Gasteiger partial charge in [-0.15, -0.1) is 0 Å². The maximum atomic E-state index is 5.59. The summed E-state index contributed by atoms with van der Waals surface area (Å²) in [7, 11) is 1.64. The predicted octanol–water partition coefficient (Wildman–Crippen LogP) is 0.715. The minimum atomic E-state index is -0.424. The van der Waals surface area contributed by atoms with Gasteiger partial charge < -0.3 is 0 Å². The number of aryl methyl sites for hydroxylation is 1. The van der Waals surface area contributed by atoms with Crippen LogP contribution in [0.4, 0.5) is 5.82 Å². The summed E-state index contributed by atoms with van der Waals surface area (Å²) in [4.78, 5) is 17.8. The van der Waals surface area contributed by atoms with Gasteiger partial charge in [0.1, 0.15) is 0 Å². The fourth-order valence-corrected chi connectivity index (χ4v) is 4.10. The molecule has 0 bridgehead atoms. The van der Waals surface area contributed by atoms with Crippen LogP contribution in [-0.4, -0.2) is 34.5 Å². The van der Waals surface area contributed by atoms with E-state index in [2.05, 4.69) is 29.3 Å². The van der Waals surface area contributed by atoms with Crippen LogP contribution in [0.2, 0.25) is 0 Å². The number of hydrogen-bond acceptors (Lipinski definition) is 7. The van der Waals surface area contributed by atoms with Crippen molar-refractivity contribution in [1.82, 2.24) is 15.0 Å². The second kappa shape index (κ2) is 8.09. The number of methoxy groups -OCH3 is 1. The molecule has 0 saturated heterocycles. The number of anilines is 1. The number of aliphatic imine (C=N–C) groups is 1. The van der Waals surface area contributed by atoms with E-state index in [0.717, 1.165) is 39.2 Å². The number of ether oxygens (including phenoxy) is 1. The molecule has 0 saturated carbocycles. The normalized spacial score (nSPS) is 13.8. The third-order valence-corrected chi connectivity index (χ3v) is 6.06. The van der Waals surface area contributed by atoms with Gasteiger partial charge in [-0.25, -0.2) is 0 Å². The molecule has 7 nitrogen and oxygen atoms in total. The standard InChI is InChI=1S/C20H19IN5O2/c1-12-4-5-17(22-9-12)14-6-16-19(18(7-14)27-3)24-11-25-20(16)23-10-15-8-21-28-13(2)26-15/h4-9,11H,10H2,1-3H3,(H,23,24,25)/q-1. The Morgan fingerprint density at radius 3 is 2.79 bits per heavy atom. The molecule has 8 heteroatoms. The average molecular weight is 488 g/mol. The molecule has 0 unspecified atom stereocenters. The van der Waals surface area contributed by atoms with Gasteiger partial charge in [-0.2, -0.15) is 0 Å². The third-order valence-electron chi connectivity index (χ3n) is 4.20. The molecule has 0 aliphatic carbocycles. The fourth-order valence-electron chi connectivity index (χ4n) is 2.85. The molecule has 2 aromatic heterocycles. The van der Waals surface area contributed by atoms with Crippen LogP contribution in [-0.2, 0) is 3.07 Å². The summed E-state index contributed by atoms with van der Waals surface area (Å²) in [5, 5.41) is 4.25. The molecule has 1 aliphatic heterocycles. The number of pyridine rings is 1. The summed E-state index contributed by atoms with van der Waals surface area (Å²) in [5.41, 5.74) is 4.66. The van der Waals surface area contributed by atoms with E-state index >= 15 is 0 Å². The Bertz CT molecular complexity index is 1080. The van der Waals surface area contributed by atoms with Crippen molar-refractivity contribution in [2.75, 3.05) is 19.0 Å². The summed E-state index contributed by atoms with van der Waals surface area (Å²) in [6.07, 6.45) is 3.39. The maximum absolute atomic E-state index is 5.59. The van der Waals surface area contributed by atoms with E-state index in [9.17, 15) is 0 Å². The van der Waals surface area contributed by atoms with Crippen LogP contribution in [0.3, 0.4) is 0 Å². The number of rotatable bonds is 5. The van der Waals surface area contributed by atoms with E-state index in [-0.39, 0.29) is 0 Å². The van der Waals surface area contributed by atoms with Crippen molar-refractivity contribution in [2.45, 2.75) is 13.8 Å². The van der Waals surface area contributed by atoms with Gasteiger partial charge in [0.05, 0.1) is 0 Å². The predicted molar refractivity (Wildman–Crippen MR) is 105 cm³/mol. The zero-order chi connectivity index (χ0) is 19.5. The Balaban J connectivity index is 1.73. The molecule has 0 fully saturated rings. The van der Waals surface area contributed by atoms with Crippen molar-refractivity contribution < 1.29 is 29.4 Å². The first-order valence-corrected chi connectivity index (χ1v) is 10.8. The number of halogens is 1. The quantitative estimate of drug-likeness (QED) is 0.534. The Hall–Kier alpha value is -2.75. The van der Waals surface area contributed by atoms with Gasteiger partial charge in [-0.05, 0) is 6.92 Å². The Morgan fingerprint density at radius 1 is 1.14 bits per heavy atom. The van der Waals surface area contributed by atoms with Crippen LogP contribution >= 0.6 is 0 Å². The Morgan fingerprint density at radius 2 is 2.04 bits per heavy atom. The van der Waals surface area contributed by atoms with Crippen molar-refractivity contribution in [3.8, 4) is 17.0 Å². The molecule has 0 spiro atoms. The summed E-state index contributed by atoms with van der Waals surface area (Å²) in [6, 6.07) is 8.04. The molecule has 0 amide bonds. The molecule has 0 radical (unpaired) electrons. The molecular formula is C20H19IN5O2-. The van der Waals surface area contributed by atoms with Gasteiger partial charge in [0.2, 0.25) is 0 Å². The number of benzene rings is 1. The second-order valence-electron chi connectivity index (χ2n) is 6.27. The number of nitrogens with zero attached hydrogens (tertiary/aromatic N) is 4. The van der Waals surface area contributed by atoms with E-state index in [4.69, 9.17) is 7.80 Å². The first-order valence-electron chi connectivity index (χ1n) is 8.68. The molecule has 1 N–H and O–H groups in total. The molecule has 3 heterocycles. The van der Waals surface area contributed by atoms with E-state index in [1.807, 2.05) is 44.3 Å². The van der Waals surface area contributed by atoms with E-state index in [1.165, 1.54) is 6.33 Å². The SMILES string of the molecule is COc1cc(-c2ccc(C)cn2)cc2c(NCC3=C[I-]OC(C)=N3)ncnc12. The molecule has 4 rings (SSSR count). The summed E-state index contributed by atoms with van der Waals surface area (Å²) in [6.45, 7) is 4.46. The van der Waals surface area contributed by atoms with Gasteiger partial charge in [0.15, 0.2) is 0 Å². The number of hydrogen-bond donors (Lipinski definition) is 1. The minimum absolute atomic E-state index is 0.424. The first kappa shape index (κ1) is 18.6. The van der Waals surface area contributed by atoms with Crippen LogP contribution in [0.15, 0.2) is 51.6 Å². The number of nitrogens with one attached hydrogen (secondary N) is 1. The van der Waals surface area contributed by atoms with E-state index in [1.54, 1.807) is 7.11 Å². The van der Waals surface area contributed by atoms with Gasteiger partial charge >= 0.3 is 167 Å². The zero-order valence-electron chi connectivity index (χ0n) is 15.7. The van der Waals surface area contributed by atoms with Crippen LogP contribution < -0.4 is 31.7 Å². The molecular weight excluding hydrogens is 469 g/mol. The summed E-state index contributed by atoms with van der Waals surface area (Å²) >= 11 is -0.424. The Kier molecular flexibility index (Phi) is 5.38. The second-order valence-corrected chi connectivity index (χ2v) is 7.84. The zero-order valence-corrected chi connectivity index (χ0v) is 17.9. The average Bonchev–Trinajstić information content (AvgIpc) is 2.72. The monoisotopic (exact) mass is 488 g/mol. The molecule has 3 aromatic rings. The van der Waals surface area contributed by atoms with Crippen LogP contribution in [0.5, 0.6) is 5.75 Å². The van der Waals surface area contributed by atoms with Gasteiger partial charge in [-0.1, -0.05) is 0 Å². The Labute approximate surface area is 173 Å². The summed E-state index contributed by atoms with van der Waals surface area (Å²) < 4.78 is 13.1. The fraction of sp³-hybridized carbons (Fsp3) is 0.200. The van der Waals surface area contributed by atoms with Crippen molar-refractivity contribution in [3.63, 3.8) is 0 Å². The molecule has 144 valence electrons. The van der Waals surface area contributed by atoms with E-state index < -0.39 is 21.6 Å². The first-order chi connectivity index (χ1) is 13.6. The molecule has 0 atom stereocenters. The van der Waals surface area contributed by atoms with Gasteiger partial charge in [0.25, 0.3) is 0 Å². The molecule has 1 aromatic carbocycles. The number of fused-ring (bicyclic) bond motifs is 1. The van der Waals surface area contributed by atoms with Crippen molar-refractivity contribution in [2.24, 2.45) is 4.99 Å². The third kappa shape index (κ3) is 3.91. The van der Waals surface area contributed by atoms with Crippen molar-refractivity contribution in [3.05, 3.63) is 52.1 Å². The molecule has 1 aliphatic rings. The molecule has 28 heavy (non-hydrogen) atoms. The van der Waals surface area contributed by atoms with Gasteiger partial charge in [0, 0.05) is 0 Å². The van der Waals surface area contributed by atoms with Gasteiger partial charge in [-0.3, -0.25) is 0 Å². The van der Waals surface area contributed by atoms with Crippen LogP contribution in [0.25, 0.3) is 22.2 Å². The van der Waals surface area contributed by atoms with E-state index in [0.29, 0.717) is 18.2 Å². The van der Waals surface area contributed by atoms with Crippen molar-refractivity contribution >= 4 is 22.6 Å². The number of aromatic nitrogens is 3.